The van der Waals surface area contributed by atoms with E-state index >= 15 is 0 Å². The van der Waals surface area contributed by atoms with Crippen LogP contribution < -0.4 is 0 Å². The van der Waals surface area contributed by atoms with Crippen LogP contribution in [-0.4, -0.2) is 38.5 Å². The lowest BCUT2D eigenvalue weighted by Gasteiger charge is -2.17. The van der Waals surface area contributed by atoms with Gasteiger partial charge >= 0.3 is 11.9 Å². The number of aliphatic carboxylic acids is 1. The van der Waals surface area contributed by atoms with E-state index in [0.717, 1.165) is 0 Å². The minimum absolute atomic E-state index is 0.118. The van der Waals surface area contributed by atoms with Crippen molar-refractivity contribution in [3.05, 3.63) is 34.9 Å². The van der Waals surface area contributed by atoms with Crippen LogP contribution in [0.3, 0.4) is 0 Å². The molecule has 1 aromatic rings. The predicted molar refractivity (Wildman–Crippen MR) is 56.7 cm³/mol. The minimum atomic E-state index is -2.06. The molecule has 0 aromatic heterocycles. The number of aliphatic hydroxyl groups excluding tert-OH is 2. The maximum absolute atomic E-state index is 10.9. The van der Waals surface area contributed by atoms with Gasteiger partial charge in [0.25, 0.3) is 0 Å². The van der Waals surface area contributed by atoms with Crippen molar-refractivity contribution in [2.24, 2.45) is 0 Å². The molecule has 92 valence electrons. The summed E-state index contributed by atoms with van der Waals surface area (Å²) in [6, 6.07) is 4.11. The molecule has 0 amide bonds. The highest BCUT2D eigenvalue weighted by molar-refractivity contribution is 5.90. The van der Waals surface area contributed by atoms with Gasteiger partial charge in [-0.15, -0.1) is 0 Å². The second-order valence-electron chi connectivity index (χ2n) is 3.62. The number of carboxylic acid groups (broad SMARTS) is 2. The first-order valence-corrected chi connectivity index (χ1v) is 4.77. The van der Waals surface area contributed by atoms with E-state index in [1.807, 2.05) is 0 Å². The zero-order valence-corrected chi connectivity index (χ0v) is 8.99. The summed E-state index contributed by atoms with van der Waals surface area (Å²) in [6.45, 7) is 1.66. The molecule has 2 unspecified atom stereocenters. The molecule has 0 aliphatic carbocycles. The van der Waals surface area contributed by atoms with Crippen LogP contribution in [0.4, 0.5) is 0 Å². The SMILES string of the molecule is Cc1ccc(C(=O)O)c(C(O)C(O)C(=O)O)c1. The van der Waals surface area contributed by atoms with Crippen molar-refractivity contribution < 1.29 is 30.0 Å². The first-order chi connectivity index (χ1) is 7.84. The third-order valence-corrected chi connectivity index (χ3v) is 2.31. The molecule has 0 heterocycles. The number of benzene rings is 1. The van der Waals surface area contributed by atoms with E-state index < -0.39 is 24.1 Å². The summed E-state index contributed by atoms with van der Waals surface area (Å²) >= 11 is 0. The Morgan fingerprint density at radius 2 is 1.76 bits per heavy atom. The predicted octanol–water partition coefficient (Wildman–Crippen LogP) is 0.172. The van der Waals surface area contributed by atoms with Crippen LogP contribution in [0.15, 0.2) is 18.2 Å². The topological polar surface area (TPSA) is 115 Å². The van der Waals surface area contributed by atoms with Crippen molar-refractivity contribution in [1.82, 2.24) is 0 Å². The number of carboxylic acids is 2. The Bertz CT molecular complexity index is 453. The van der Waals surface area contributed by atoms with Gasteiger partial charge in [-0.25, -0.2) is 9.59 Å². The molecule has 1 aromatic carbocycles. The maximum atomic E-state index is 10.9. The number of carbonyl (C=O) groups is 2. The summed E-state index contributed by atoms with van der Waals surface area (Å²) in [5.41, 5.74) is 0.303. The molecule has 0 radical (unpaired) electrons. The number of aryl methyl sites for hydroxylation is 1. The Labute approximate surface area is 96.8 Å². The van der Waals surface area contributed by atoms with Gasteiger partial charge < -0.3 is 20.4 Å². The van der Waals surface area contributed by atoms with Crippen LogP contribution in [0, 0.1) is 6.92 Å². The molecule has 17 heavy (non-hydrogen) atoms. The molecule has 0 fully saturated rings. The summed E-state index contributed by atoms with van der Waals surface area (Å²) in [4.78, 5) is 21.4. The van der Waals surface area contributed by atoms with Gasteiger partial charge in [0.1, 0.15) is 6.10 Å². The van der Waals surface area contributed by atoms with Crippen LogP contribution in [0.5, 0.6) is 0 Å². The van der Waals surface area contributed by atoms with E-state index in [0.29, 0.717) is 5.56 Å². The molecule has 0 aliphatic heterocycles. The zero-order valence-electron chi connectivity index (χ0n) is 8.99. The highest BCUT2D eigenvalue weighted by atomic mass is 16.4. The zero-order chi connectivity index (χ0) is 13.2. The van der Waals surface area contributed by atoms with Gasteiger partial charge in [0.05, 0.1) is 5.56 Å². The molecule has 0 bridgehead atoms. The lowest BCUT2D eigenvalue weighted by molar-refractivity contribution is -0.153. The van der Waals surface area contributed by atoms with E-state index in [-0.39, 0.29) is 11.1 Å². The highest BCUT2D eigenvalue weighted by Crippen LogP contribution is 2.23. The van der Waals surface area contributed by atoms with Gasteiger partial charge in [-0.2, -0.15) is 0 Å². The van der Waals surface area contributed by atoms with Crippen molar-refractivity contribution in [2.75, 3.05) is 0 Å². The summed E-state index contributed by atoms with van der Waals surface area (Å²) in [5.74, 6) is -2.91. The summed E-state index contributed by atoms with van der Waals surface area (Å²) < 4.78 is 0. The Morgan fingerprint density at radius 1 is 1.18 bits per heavy atom. The molecule has 0 saturated heterocycles. The monoisotopic (exact) mass is 240 g/mol. The molecule has 2 atom stereocenters. The second-order valence-corrected chi connectivity index (χ2v) is 3.62. The van der Waals surface area contributed by atoms with Gasteiger partial charge in [-0.05, 0) is 18.6 Å². The average Bonchev–Trinajstić information content (AvgIpc) is 2.26. The lowest BCUT2D eigenvalue weighted by atomic mass is 9.96. The number of aliphatic hydroxyl groups is 2. The Hall–Kier alpha value is -1.92. The quantitative estimate of drug-likeness (QED) is 0.596. The van der Waals surface area contributed by atoms with Gasteiger partial charge in [0.15, 0.2) is 6.10 Å². The van der Waals surface area contributed by atoms with E-state index in [2.05, 4.69) is 0 Å². The summed E-state index contributed by atoms with van der Waals surface area (Å²) in [5, 5.41) is 36.3. The second kappa shape index (κ2) is 4.94. The van der Waals surface area contributed by atoms with E-state index in [1.165, 1.54) is 18.2 Å². The molecule has 4 N–H and O–H groups in total. The van der Waals surface area contributed by atoms with Crippen LogP contribution in [-0.2, 0) is 4.79 Å². The van der Waals surface area contributed by atoms with E-state index in [1.54, 1.807) is 6.92 Å². The summed E-state index contributed by atoms with van der Waals surface area (Å²) in [6.07, 6.45) is -3.84. The molecule has 0 saturated carbocycles. The third-order valence-electron chi connectivity index (χ3n) is 2.31. The lowest BCUT2D eigenvalue weighted by Crippen LogP contribution is -2.28. The molecular formula is C11H12O6. The van der Waals surface area contributed by atoms with Crippen molar-refractivity contribution in [3.63, 3.8) is 0 Å². The van der Waals surface area contributed by atoms with Crippen LogP contribution in [0.1, 0.15) is 27.6 Å². The van der Waals surface area contributed by atoms with Crippen LogP contribution in [0.25, 0.3) is 0 Å². The first-order valence-electron chi connectivity index (χ1n) is 4.77. The number of rotatable bonds is 4. The molecule has 6 nitrogen and oxygen atoms in total. The summed E-state index contributed by atoms with van der Waals surface area (Å²) in [7, 11) is 0. The van der Waals surface area contributed by atoms with Crippen molar-refractivity contribution >= 4 is 11.9 Å². The minimum Gasteiger partial charge on any atom is -0.479 e. The van der Waals surface area contributed by atoms with Gasteiger partial charge in [-0.3, -0.25) is 0 Å². The standard InChI is InChI=1S/C11H12O6/c1-5-2-3-6(10(14)15)7(4-5)8(12)9(13)11(16)17/h2-4,8-9,12-13H,1H3,(H,14,15)(H,16,17). The molecular weight excluding hydrogens is 228 g/mol. The largest absolute Gasteiger partial charge is 0.479 e. The smallest absolute Gasteiger partial charge is 0.336 e. The van der Waals surface area contributed by atoms with Gasteiger partial charge in [-0.1, -0.05) is 17.7 Å². The number of aromatic carboxylic acids is 1. The van der Waals surface area contributed by atoms with Crippen LogP contribution >= 0.6 is 0 Å². The average molecular weight is 240 g/mol. The van der Waals surface area contributed by atoms with Crippen molar-refractivity contribution in [3.8, 4) is 0 Å². The molecule has 0 aliphatic rings. The Morgan fingerprint density at radius 3 is 2.24 bits per heavy atom. The third kappa shape index (κ3) is 2.80. The fraction of sp³-hybridized carbons (Fsp3) is 0.273. The fourth-order valence-electron chi connectivity index (χ4n) is 1.43. The number of hydrogen-bond donors (Lipinski definition) is 4. The van der Waals surface area contributed by atoms with E-state index in [9.17, 15) is 19.8 Å². The molecule has 1 rings (SSSR count). The number of hydrogen-bond acceptors (Lipinski definition) is 4. The fourth-order valence-corrected chi connectivity index (χ4v) is 1.43. The maximum Gasteiger partial charge on any atom is 0.336 e. The normalized spacial score (nSPS) is 14.1. The molecule has 6 heteroatoms. The van der Waals surface area contributed by atoms with Crippen molar-refractivity contribution in [2.45, 2.75) is 19.1 Å². The van der Waals surface area contributed by atoms with Gasteiger partial charge in [0.2, 0.25) is 0 Å². The molecule has 0 spiro atoms. The van der Waals surface area contributed by atoms with Crippen LogP contribution in [0.2, 0.25) is 0 Å². The van der Waals surface area contributed by atoms with Gasteiger partial charge in [0, 0.05) is 0 Å². The Kier molecular flexibility index (Phi) is 3.82. The highest BCUT2D eigenvalue weighted by Gasteiger charge is 2.28. The Balaban J connectivity index is 3.23. The van der Waals surface area contributed by atoms with Crippen molar-refractivity contribution in [1.29, 1.82) is 0 Å². The van der Waals surface area contributed by atoms with E-state index in [4.69, 9.17) is 10.2 Å². The first kappa shape index (κ1) is 13.1.